The zero-order valence-corrected chi connectivity index (χ0v) is 25.6. The van der Waals surface area contributed by atoms with Crippen LogP contribution in [0.3, 0.4) is 0 Å². The molecule has 1 amide bonds. The largest absolute Gasteiger partial charge is 0.322 e. The van der Waals surface area contributed by atoms with Gasteiger partial charge in [-0.3, -0.25) is 14.7 Å². The average Bonchev–Trinajstić information content (AvgIpc) is 3.47. The lowest BCUT2D eigenvalue weighted by Crippen LogP contribution is -2.43. The number of nitrogens with one attached hydrogen (secondary N) is 1. The van der Waals surface area contributed by atoms with Crippen LogP contribution in [0.25, 0.3) is 21.8 Å². The Balaban J connectivity index is 1.12. The van der Waals surface area contributed by atoms with Gasteiger partial charge < -0.3 is 10.2 Å². The van der Waals surface area contributed by atoms with E-state index in [1.54, 1.807) is 17.5 Å². The van der Waals surface area contributed by atoms with Crippen LogP contribution in [0.2, 0.25) is 0 Å². The fraction of sp³-hybridized carbons (Fsp3) is 0.265. The van der Waals surface area contributed by atoms with E-state index in [1.807, 2.05) is 61.9 Å². The summed E-state index contributed by atoms with van der Waals surface area (Å²) in [4.78, 5) is 37.4. The number of amides is 1. The van der Waals surface area contributed by atoms with Gasteiger partial charge in [0.05, 0.1) is 5.69 Å². The summed E-state index contributed by atoms with van der Waals surface area (Å²) in [5.41, 5.74) is 7.49. The first-order chi connectivity index (χ1) is 20.9. The first kappa shape index (κ1) is 28.8. The second-order valence-electron chi connectivity index (χ2n) is 11.1. The van der Waals surface area contributed by atoms with Crippen LogP contribution in [0, 0.1) is 13.8 Å². The minimum absolute atomic E-state index is 0.123. The number of aromatic nitrogens is 4. The van der Waals surface area contributed by atoms with Crippen molar-refractivity contribution in [3.63, 3.8) is 0 Å². The lowest BCUT2D eigenvalue weighted by Gasteiger charge is -2.32. The Morgan fingerprint density at radius 1 is 0.907 bits per heavy atom. The first-order valence-corrected chi connectivity index (χ1v) is 15.3. The van der Waals surface area contributed by atoms with E-state index in [4.69, 9.17) is 4.98 Å². The molecule has 0 spiro atoms. The van der Waals surface area contributed by atoms with Crippen LogP contribution in [0.4, 0.5) is 5.69 Å². The Kier molecular flexibility index (Phi) is 8.64. The molecule has 1 saturated heterocycles. The van der Waals surface area contributed by atoms with Crippen molar-refractivity contribution < 1.29 is 4.79 Å². The highest BCUT2D eigenvalue weighted by Gasteiger charge is 2.15. The van der Waals surface area contributed by atoms with E-state index in [0.29, 0.717) is 17.8 Å². The minimum Gasteiger partial charge on any atom is -0.322 e. The van der Waals surface area contributed by atoms with Crippen LogP contribution in [0.15, 0.2) is 79.4 Å². The van der Waals surface area contributed by atoms with Crippen LogP contribution in [-0.4, -0.2) is 68.9 Å². The van der Waals surface area contributed by atoms with Crippen molar-refractivity contribution in [1.82, 2.24) is 29.7 Å². The number of pyridine rings is 1. The minimum atomic E-state index is -0.123. The van der Waals surface area contributed by atoms with Gasteiger partial charge in [-0.1, -0.05) is 18.2 Å². The molecule has 1 fully saturated rings. The molecule has 0 bridgehead atoms. The molecule has 6 rings (SSSR count). The van der Waals surface area contributed by atoms with Crippen molar-refractivity contribution in [1.29, 1.82) is 0 Å². The Morgan fingerprint density at radius 3 is 2.47 bits per heavy atom. The van der Waals surface area contributed by atoms with Crippen molar-refractivity contribution in [2.45, 2.75) is 26.8 Å². The Bertz CT molecular complexity index is 1730. The fourth-order valence-corrected chi connectivity index (χ4v) is 5.91. The first-order valence-electron chi connectivity index (χ1n) is 14.5. The number of likely N-dealkylation sites (N-methyl/N-ethyl adjacent to an activating group) is 1. The molecule has 218 valence electrons. The molecule has 9 heteroatoms. The summed E-state index contributed by atoms with van der Waals surface area (Å²) in [6.45, 7) is 9.35. The van der Waals surface area contributed by atoms with Crippen molar-refractivity contribution >= 4 is 22.9 Å². The van der Waals surface area contributed by atoms with Gasteiger partial charge in [-0.15, -0.1) is 11.3 Å². The maximum atomic E-state index is 13.1. The van der Waals surface area contributed by atoms with Crippen molar-refractivity contribution in [2.24, 2.45) is 0 Å². The van der Waals surface area contributed by atoms with Crippen LogP contribution < -0.4 is 5.32 Å². The molecule has 8 nitrogen and oxygen atoms in total. The summed E-state index contributed by atoms with van der Waals surface area (Å²) in [6, 6.07) is 17.9. The highest BCUT2D eigenvalue weighted by molar-refractivity contribution is 7.14. The van der Waals surface area contributed by atoms with E-state index in [-0.39, 0.29) is 5.91 Å². The zero-order valence-electron chi connectivity index (χ0n) is 24.7. The molecular formula is C34H35N7OS. The highest BCUT2D eigenvalue weighted by atomic mass is 32.1. The normalized spacial score (nSPS) is 14.1. The number of piperazine rings is 1. The second-order valence-corrected chi connectivity index (χ2v) is 12.4. The second kappa shape index (κ2) is 12.9. The number of thiazole rings is 1. The summed E-state index contributed by atoms with van der Waals surface area (Å²) in [7, 11) is 2.16. The molecule has 3 aromatic heterocycles. The molecule has 0 radical (unpaired) electrons. The van der Waals surface area contributed by atoms with E-state index in [9.17, 15) is 4.79 Å². The third-order valence-corrected chi connectivity index (χ3v) is 8.74. The number of carbonyl (C=O) groups excluding carboxylic acids is 1. The molecule has 4 heterocycles. The van der Waals surface area contributed by atoms with E-state index in [0.717, 1.165) is 76.2 Å². The third-order valence-electron chi connectivity index (χ3n) is 7.78. The summed E-state index contributed by atoms with van der Waals surface area (Å²) in [6.07, 6.45) is 7.85. The van der Waals surface area contributed by atoms with Crippen LogP contribution in [-0.2, 0) is 13.0 Å². The number of nitrogens with zero attached hydrogens (tertiary/aromatic N) is 6. The van der Waals surface area contributed by atoms with Gasteiger partial charge in [0.15, 0.2) is 0 Å². The van der Waals surface area contributed by atoms with Gasteiger partial charge >= 0.3 is 0 Å². The fourth-order valence-electron chi connectivity index (χ4n) is 5.17. The summed E-state index contributed by atoms with van der Waals surface area (Å²) >= 11 is 1.65. The third kappa shape index (κ3) is 7.19. The Labute approximate surface area is 256 Å². The van der Waals surface area contributed by atoms with E-state index in [1.165, 1.54) is 5.56 Å². The standard InChI is InChI=1S/C34H35N7OS/c1-23-4-9-30(38-33(42)26-7-5-25(6-8-26)22-41-14-12-40(3)13-15-41)17-27(23)18-32-36-11-10-31(39-32)28-16-29(21-35-20-28)34-37-19-24(2)43-34/h4-11,16-17,19-21H,12-15,18,22H2,1-3H3,(H,38,42). The highest BCUT2D eigenvalue weighted by Crippen LogP contribution is 2.28. The van der Waals surface area contributed by atoms with Crippen LogP contribution >= 0.6 is 11.3 Å². The predicted molar refractivity (Wildman–Crippen MR) is 172 cm³/mol. The lowest BCUT2D eigenvalue weighted by molar-refractivity contribution is 0.102. The molecule has 1 N–H and O–H groups in total. The van der Waals surface area contributed by atoms with Crippen molar-refractivity contribution in [2.75, 3.05) is 38.5 Å². The molecule has 2 aromatic carbocycles. The van der Waals surface area contributed by atoms with Gasteiger partial charge in [0.2, 0.25) is 0 Å². The number of rotatable bonds is 8. The van der Waals surface area contributed by atoms with Gasteiger partial charge in [0, 0.05) is 91.2 Å². The maximum absolute atomic E-state index is 13.1. The van der Waals surface area contributed by atoms with Gasteiger partial charge in [-0.05, 0) is 74.0 Å². The summed E-state index contributed by atoms with van der Waals surface area (Å²) < 4.78 is 0. The van der Waals surface area contributed by atoms with Gasteiger partial charge in [0.25, 0.3) is 5.91 Å². The number of carbonyl (C=O) groups is 1. The van der Waals surface area contributed by atoms with Crippen molar-refractivity contribution in [3.8, 4) is 21.8 Å². The molecule has 0 aliphatic carbocycles. The van der Waals surface area contributed by atoms with E-state index in [2.05, 4.69) is 62.2 Å². The molecule has 1 aliphatic heterocycles. The molecule has 0 saturated carbocycles. The number of aryl methyl sites for hydroxylation is 2. The zero-order chi connectivity index (χ0) is 29.8. The number of anilines is 1. The van der Waals surface area contributed by atoms with E-state index >= 15 is 0 Å². The quantitative estimate of drug-likeness (QED) is 0.242. The lowest BCUT2D eigenvalue weighted by atomic mass is 10.0. The summed E-state index contributed by atoms with van der Waals surface area (Å²) in [5, 5.41) is 4.01. The number of benzene rings is 2. The summed E-state index contributed by atoms with van der Waals surface area (Å²) in [5.74, 6) is 0.581. The van der Waals surface area contributed by atoms with Crippen LogP contribution in [0.5, 0.6) is 0 Å². The SMILES string of the molecule is Cc1cnc(-c2cncc(-c3ccnc(Cc4cc(NC(=O)c5ccc(CN6CCN(C)CC6)cc5)ccc4C)n3)c2)s1. The Hall–Kier alpha value is -4.31. The van der Waals surface area contributed by atoms with Gasteiger partial charge in [-0.2, -0.15) is 0 Å². The van der Waals surface area contributed by atoms with E-state index < -0.39 is 0 Å². The maximum Gasteiger partial charge on any atom is 0.255 e. The molecule has 0 atom stereocenters. The van der Waals surface area contributed by atoms with Gasteiger partial charge in [-0.25, -0.2) is 15.0 Å². The predicted octanol–water partition coefficient (Wildman–Crippen LogP) is 5.87. The molecule has 0 unspecified atom stereocenters. The average molecular weight is 590 g/mol. The number of hydrogen-bond donors (Lipinski definition) is 1. The van der Waals surface area contributed by atoms with Crippen LogP contribution in [0.1, 0.15) is 37.7 Å². The molecule has 1 aliphatic rings. The van der Waals surface area contributed by atoms with Gasteiger partial charge in [0.1, 0.15) is 10.8 Å². The topological polar surface area (TPSA) is 87.1 Å². The number of hydrogen-bond acceptors (Lipinski definition) is 8. The molecular weight excluding hydrogens is 554 g/mol. The monoisotopic (exact) mass is 589 g/mol. The molecule has 5 aromatic rings. The van der Waals surface area contributed by atoms with Crippen molar-refractivity contribution in [3.05, 3.63) is 112 Å². The molecule has 43 heavy (non-hydrogen) atoms. The Morgan fingerprint density at radius 2 is 1.70 bits per heavy atom. The smallest absolute Gasteiger partial charge is 0.255 e.